The lowest BCUT2D eigenvalue weighted by Crippen LogP contribution is -2.19. The summed E-state index contributed by atoms with van der Waals surface area (Å²) in [5.74, 6) is -0.731. The van der Waals surface area contributed by atoms with Crippen LogP contribution in [0.1, 0.15) is 5.56 Å². The highest BCUT2D eigenvalue weighted by molar-refractivity contribution is 7.94. The van der Waals surface area contributed by atoms with Gasteiger partial charge in [0.2, 0.25) is 0 Å². The van der Waals surface area contributed by atoms with Crippen LogP contribution in [0.25, 0.3) is 0 Å². The van der Waals surface area contributed by atoms with Gasteiger partial charge in [-0.2, -0.15) is 5.26 Å². The van der Waals surface area contributed by atoms with Gasteiger partial charge in [0.15, 0.2) is 9.84 Å². The first kappa shape index (κ1) is 17.8. The van der Waals surface area contributed by atoms with E-state index in [1.54, 1.807) is 0 Å². The minimum absolute atomic E-state index is 0.0570. The van der Waals surface area contributed by atoms with Crippen LogP contribution < -0.4 is 0 Å². The van der Waals surface area contributed by atoms with E-state index in [0.717, 1.165) is 6.26 Å². The van der Waals surface area contributed by atoms with Crippen LogP contribution in [-0.2, 0) is 30.5 Å². The van der Waals surface area contributed by atoms with Gasteiger partial charge in [-0.1, -0.05) is 0 Å². The number of nitriles is 1. The molecule has 0 amide bonds. The van der Waals surface area contributed by atoms with Gasteiger partial charge in [-0.3, -0.25) is 4.21 Å². The zero-order valence-electron chi connectivity index (χ0n) is 11.4. The zero-order valence-corrected chi connectivity index (χ0v) is 13.8. The van der Waals surface area contributed by atoms with E-state index in [1.165, 1.54) is 24.3 Å². The molecule has 0 aliphatic carbocycles. The van der Waals surface area contributed by atoms with Gasteiger partial charge in [0.05, 0.1) is 28.0 Å². The first-order chi connectivity index (χ1) is 9.64. The maximum atomic E-state index is 12.0. The van der Waals surface area contributed by atoms with Crippen LogP contribution >= 0.6 is 0 Å². The fourth-order valence-corrected chi connectivity index (χ4v) is 5.97. The molecule has 0 aliphatic heterocycles. The third-order valence-electron chi connectivity index (χ3n) is 2.60. The summed E-state index contributed by atoms with van der Waals surface area (Å²) in [5, 5.41) is 8.64. The maximum Gasteiger partial charge on any atom is 0.179 e. The van der Waals surface area contributed by atoms with E-state index in [1.807, 2.05) is 6.07 Å². The minimum Gasteiger partial charge on any atom is -0.260 e. The third-order valence-corrected chi connectivity index (χ3v) is 7.12. The van der Waals surface area contributed by atoms with Gasteiger partial charge >= 0.3 is 0 Å². The smallest absolute Gasteiger partial charge is 0.179 e. The summed E-state index contributed by atoms with van der Waals surface area (Å²) in [6.07, 6.45) is 1.04. The number of benzene rings is 1. The van der Waals surface area contributed by atoms with Crippen LogP contribution in [-0.4, -0.2) is 50.3 Å². The largest absolute Gasteiger partial charge is 0.260 e. The lowest BCUT2D eigenvalue weighted by molar-refractivity contribution is 0.597. The van der Waals surface area contributed by atoms with Crippen molar-refractivity contribution in [1.82, 2.24) is 0 Å². The van der Waals surface area contributed by atoms with Crippen molar-refractivity contribution in [2.45, 2.75) is 4.90 Å². The average molecular weight is 349 g/mol. The molecule has 0 bridgehead atoms. The Morgan fingerprint density at radius 1 is 1.05 bits per heavy atom. The van der Waals surface area contributed by atoms with E-state index < -0.39 is 30.5 Å². The molecule has 0 spiro atoms. The van der Waals surface area contributed by atoms with Crippen molar-refractivity contribution >= 4 is 30.5 Å². The average Bonchev–Trinajstić information content (AvgIpc) is 2.42. The number of sulfone groups is 2. The number of hydrogen-bond donors (Lipinski definition) is 0. The summed E-state index contributed by atoms with van der Waals surface area (Å²) in [7, 11) is -8.30. The monoisotopic (exact) mass is 349 g/mol. The first-order valence-corrected chi connectivity index (χ1v) is 11.1. The van der Waals surface area contributed by atoms with Crippen molar-refractivity contribution in [3.8, 4) is 6.07 Å². The molecule has 0 aromatic heterocycles. The predicted molar refractivity (Wildman–Crippen MR) is 80.8 cm³/mol. The second kappa shape index (κ2) is 7.15. The molecule has 1 aromatic carbocycles. The Morgan fingerprint density at radius 2 is 1.57 bits per heavy atom. The molecule has 6 nitrogen and oxygen atoms in total. The molecule has 0 saturated heterocycles. The molecule has 1 aromatic rings. The minimum atomic E-state index is -3.59. The summed E-state index contributed by atoms with van der Waals surface area (Å²) in [5.41, 5.74) is 0.352. The van der Waals surface area contributed by atoms with E-state index >= 15 is 0 Å². The molecule has 116 valence electrons. The van der Waals surface area contributed by atoms with Gasteiger partial charge in [-0.15, -0.1) is 0 Å². The van der Waals surface area contributed by atoms with Crippen molar-refractivity contribution in [1.29, 1.82) is 5.26 Å². The molecule has 9 heteroatoms. The standard InChI is InChI=1S/C12H15NO5S3/c1-20(15,16)8-6-19(14)7-9-21(17,18)12-4-2-11(10-13)3-5-12/h2-5H,6-9H2,1H3. The van der Waals surface area contributed by atoms with Gasteiger partial charge in [-0.25, -0.2) is 16.8 Å². The molecule has 1 rings (SSSR count). The topological polar surface area (TPSA) is 109 Å². The normalized spacial score (nSPS) is 13.5. The van der Waals surface area contributed by atoms with Crippen molar-refractivity contribution in [3.05, 3.63) is 29.8 Å². The Labute approximate surface area is 127 Å². The fraction of sp³-hybridized carbons (Fsp3) is 0.417. The molecule has 0 saturated carbocycles. The summed E-state index contributed by atoms with van der Waals surface area (Å²) < 4.78 is 57.5. The maximum absolute atomic E-state index is 12.0. The highest BCUT2D eigenvalue weighted by Crippen LogP contribution is 2.12. The van der Waals surface area contributed by atoms with Crippen LogP contribution in [0.3, 0.4) is 0 Å². The van der Waals surface area contributed by atoms with E-state index in [2.05, 4.69) is 0 Å². The summed E-state index contributed by atoms with van der Waals surface area (Å²) in [6.45, 7) is 0. The van der Waals surface area contributed by atoms with E-state index in [0.29, 0.717) is 5.56 Å². The SMILES string of the molecule is CS(=O)(=O)CCS(=O)CCS(=O)(=O)c1ccc(C#N)cc1. The lowest BCUT2D eigenvalue weighted by Gasteiger charge is -2.05. The molecule has 1 unspecified atom stereocenters. The summed E-state index contributed by atoms with van der Waals surface area (Å²) in [4.78, 5) is 0.0570. The van der Waals surface area contributed by atoms with E-state index in [4.69, 9.17) is 5.26 Å². The Kier molecular flexibility index (Phi) is 6.07. The highest BCUT2D eigenvalue weighted by atomic mass is 32.2. The molecule has 0 aliphatic rings. The second-order valence-corrected chi connectivity index (χ2v) is 10.5. The second-order valence-electron chi connectivity index (χ2n) is 4.43. The predicted octanol–water partition coefficient (Wildman–Crippen LogP) is 0.125. The Hall–Kier alpha value is -1.24. The lowest BCUT2D eigenvalue weighted by atomic mass is 10.2. The number of rotatable bonds is 7. The zero-order chi connectivity index (χ0) is 16.1. The Balaban J connectivity index is 2.64. The van der Waals surface area contributed by atoms with Crippen molar-refractivity contribution < 1.29 is 21.0 Å². The molecule has 0 N–H and O–H groups in total. The van der Waals surface area contributed by atoms with Crippen LogP contribution in [0.4, 0.5) is 0 Å². The molecule has 21 heavy (non-hydrogen) atoms. The van der Waals surface area contributed by atoms with E-state index in [9.17, 15) is 21.0 Å². The van der Waals surface area contributed by atoms with Gasteiger partial charge < -0.3 is 0 Å². The fourth-order valence-electron chi connectivity index (χ4n) is 1.40. The first-order valence-electron chi connectivity index (χ1n) is 5.90. The van der Waals surface area contributed by atoms with Gasteiger partial charge in [-0.05, 0) is 24.3 Å². The molecule has 0 radical (unpaired) electrons. The van der Waals surface area contributed by atoms with Gasteiger partial charge in [0.25, 0.3) is 0 Å². The number of nitrogens with zero attached hydrogens (tertiary/aromatic N) is 1. The van der Waals surface area contributed by atoms with Crippen molar-refractivity contribution in [2.24, 2.45) is 0 Å². The summed E-state index contributed by atoms with van der Waals surface area (Å²) in [6, 6.07) is 7.33. The third kappa shape index (κ3) is 6.37. The van der Waals surface area contributed by atoms with Crippen LogP contribution in [0.15, 0.2) is 29.2 Å². The molecule has 1 atom stereocenters. The van der Waals surface area contributed by atoms with E-state index in [-0.39, 0.29) is 27.9 Å². The van der Waals surface area contributed by atoms with Crippen LogP contribution in [0, 0.1) is 11.3 Å². The van der Waals surface area contributed by atoms with Crippen molar-refractivity contribution in [2.75, 3.05) is 29.3 Å². The quantitative estimate of drug-likeness (QED) is 0.692. The Morgan fingerprint density at radius 3 is 2.05 bits per heavy atom. The number of hydrogen-bond acceptors (Lipinski definition) is 6. The van der Waals surface area contributed by atoms with Crippen LogP contribution in [0.5, 0.6) is 0 Å². The highest BCUT2D eigenvalue weighted by Gasteiger charge is 2.16. The Bertz CT molecular complexity index is 758. The molecular weight excluding hydrogens is 334 g/mol. The molecule has 0 fully saturated rings. The summed E-state index contributed by atoms with van der Waals surface area (Å²) >= 11 is 0. The van der Waals surface area contributed by atoms with Crippen molar-refractivity contribution in [3.63, 3.8) is 0 Å². The van der Waals surface area contributed by atoms with Gasteiger partial charge in [0, 0.05) is 28.6 Å². The molecule has 0 heterocycles. The molecular formula is C12H15NO5S3. The van der Waals surface area contributed by atoms with Crippen LogP contribution in [0.2, 0.25) is 0 Å². The van der Waals surface area contributed by atoms with Gasteiger partial charge in [0.1, 0.15) is 9.84 Å².